The highest BCUT2D eigenvalue weighted by atomic mass is 16.4. The van der Waals surface area contributed by atoms with Gasteiger partial charge in [-0.25, -0.2) is 20.2 Å². The molecule has 0 heterocycles. The van der Waals surface area contributed by atoms with Crippen molar-refractivity contribution >= 4 is 34.6 Å². The Hall–Kier alpha value is -3.46. The minimum Gasteiger partial charge on any atom is -0.478 e. The molecule has 0 aliphatic rings. The first kappa shape index (κ1) is 15.9. The molecule has 0 saturated heterocycles. The summed E-state index contributed by atoms with van der Waals surface area (Å²) in [5.74, 6) is -1.17. The molecule has 2 aromatic rings. The van der Waals surface area contributed by atoms with Gasteiger partial charge in [-0.3, -0.25) is 10.2 Å². The predicted molar refractivity (Wildman–Crippen MR) is 76.5 cm³/mol. The van der Waals surface area contributed by atoms with E-state index in [2.05, 4.69) is 0 Å². The summed E-state index contributed by atoms with van der Waals surface area (Å²) in [5.41, 5.74) is -1.40. The van der Waals surface area contributed by atoms with E-state index in [1.165, 1.54) is 24.3 Å². The number of hydrogen-bond acceptors (Lipinski definition) is 5. The highest BCUT2D eigenvalue weighted by Crippen LogP contribution is 2.31. The molecule has 0 aliphatic heterocycles. The van der Waals surface area contributed by atoms with E-state index in [-0.39, 0.29) is 10.8 Å². The second-order valence-corrected chi connectivity index (χ2v) is 4.43. The summed E-state index contributed by atoms with van der Waals surface area (Å²) >= 11 is 0. The number of nitrogens with one attached hydrogen (secondary N) is 1. The van der Waals surface area contributed by atoms with Crippen molar-refractivity contribution in [3.63, 3.8) is 0 Å². The maximum atomic E-state index is 12.0. The highest BCUT2D eigenvalue weighted by molar-refractivity contribution is 6.24. The van der Waals surface area contributed by atoms with Crippen LogP contribution < -0.4 is 11.3 Å². The van der Waals surface area contributed by atoms with Gasteiger partial charge in [-0.05, 0) is 10.8 Å². The molecule has 9 heteroatoms. The van der Waals surface area contributed by atoms with Crippen LogP contribution in [0.1, 0.15) is 41.4 Å². The molecule has 118 valence electrons. The zero-order valence-corrected chi connectivity index (χ0v) is 11.4. The smallest absolute Gasteiger partial charge is 0.337 e. The number of amides is 1. The number of carboxylic acids is 3. The summed E-state index contributed by atoms with van der Waals surface area (Å²) < 4.78 is 0. The number of benzene rings is 2. The van der Waals surface area contributed by atoms with Crippen LogP contribution in [0, 0.1) is 0 Å². The molecular weight excluding hydrogens is 308 g/mol. The third-order valence-corrected chi connectivity index (χ3v) is 3.22. The number of hydrazine groups is 1. The van der Waals surface area contributed by atoms with Crippen molar-refractivity contribution in [3.05, 3.63) is 46.5 Å². The highest BCUT2D eigenvalue weighted by Gasteiger charge is 2.32. The van der Waals surface area contributed by atoms with Crippen molar-refractivity contribution in [2.45, 2.75) is 0 Å². The van der Waals surface area contributed by atoms with Crippen LogP contribution in [0.5, 0.6) is 0 Å². The number of hydrogen-bond donors (Lipinski definition) is 5. The van der Waals surface area contributed by atoms with E-state index in [0.29, 0.717) is 0 Å². The zero-order chi connectivity index (χ0) is 17.3. The maximum Gasteiger partial charge on any atom is 0.337 e. The fraction of sp³-hybridized carbons (Fsp3) is 0. The van der Waals surface area contributed by atoms with E-state index >= 15 is 0 Å². The molecule has 0 aliphatic carbocycles. The second-order valence-electron chi connectivity index (χ2n) is 4.43. The predicted octanol–water partition coefficient (Wildman–Crippen LogP) is 0.538. The summed E-state index contributed by atoms with van der Waals surface area (Å²) in [6.07, 6.45) is 0. The lowest BCUT2D eigenvalue weighted by Crippen LogP contribution is -2.33. The Morgan fingerprint density at radius 1 is 0.739 bits per heavy atom. The van der Waals surface area contributed by atoms with Crippen LogP contribution >= 0.6 is 0 Å². The number of carbonyl (C=O) groups excluding carboxylic acids is 1. The van der Waals surface area contributed by atoms with Crippen LogP contribution in [0.3, 0.4) is 0 Å². The molecule has 2 rings (SSSR count). The lowest BCUT2D eigenvalue weighted by molar-refractivity contribution is 0.0632. The third-order valence-electron chi connectivity index (χ3n) is 3.22. The van der Waals surface area contributed by atoms with E-state index in [1.54, 1.807) is 5.43 Å². The molecule has 1 amide bonds. The zero-order valence-electron chi connectivity index (χ0n) is 11.4. The molecule has 9 nitrogen and oxygen atoms in total. The fourth-order valence-electron chi connectivity index (χ4n) is 2.40. The molecule has 0 atom stereocenters. The molecule has 0 radical (unpaired) electrons. The molecule has 0 spiro atoms. The Bertz CT molecular complexity index is 873. The van der Waals surface area contributed by atoms with Crippen LogP contribution in [-0.2, 0) is 0 Å². The van der Waals surface area contributed by atoms with Crippen molar-refractivity contribution in [2.75, 3.05) is 0 Å². The molecular formula is C14H10N2O7. The summed E-state index contributed by atoms with van der Waals surface area (Å²) in [6.45, 7) is 0. The summed E-state index contributed by atoms with van der Waals surface area (Å²) in [5, 5.41) is 27.8. The molecule has 0 fully saturated rings. The Kier molecular flexibility index (Phi) is 3.97. The summed E-state index contributed by atoms with van der Waals surface area (Å²) in [4.78, 5) is 46.4. The Labute approximate surface area is 127 Å². The number of carbonyl (C=O) groups is 4. The summed E-state index contributed by atoms with van der Waals surface area (Å²) in [6, 6.07) is 5.48. The van der Waals surface area contributed by atoms with Gasteiger partial charge in [-0.15, -0.1) is 0 Å². The number of carboxylic acid groups (broad SMARTS) is 3. The Balaban J connectivity index is 3.22. The maximum absolute atomic E-state index is 12.0. The Morgan fingerprint density at radius 2 is 1.13 bits per heavy atom. The van der Waals surface area contributed by atoms with Crippen LogP contribution in [-0.4, -0.2) is 39.1 Å². The van der Waals surface area contributed by atoms with Crippen LogP contribution in [0.15, 0.2) is 24.3 Å². The first-order valence-electron chi connectivity index (χ1n) is 6.10. The number of nitrogens with two attached hydrogens (primary N) is 1. The van der Waals surface area contributed by atoms with Gasteiger partial charge in [0.25, 0.3) is 5.91 Å². The van der Waals surface area contributed by atoms with Crippen molar-refractivity contribution in [1.29, 1.82) is 0 Å². The molecule has 0 bridgehead atoms. The van der Waals surface area contributed by atoms with Crippen molar-refractivity contribution in [3.8, 4) is 0 Å². The topological polar surface area (TPSA) is 167 Å². The molecule has 6 N–H and O–H groups in total. The Morgan fingerprint density at radius 3 is 1.52 bits per heavy atom. The van der Waals surface area contributed by atoms with E-state index < -0.39 is 46.1 Å². The number of fused-ring (bicyclic) bond motifs is 1. The standard InChI is InChI=1S/C14H10N2O7/c15-16-11(17)7-5-3-1-2-4-6(5)8(12(18)19)10(14(22)23)9(7)13(20)21/h1-4H,15H2,(H,16,17)(H,18,19)(H,20,21)(H,22,23). The first-order chi connectivity index (χ1) is 10.8. The average Bonchev–Trinajstić information content (AvgIpc) is 2.50. The molecule has 0 saturated carbocycles. The third kappa shape index (κ3) is 2.45. The molecule has 0 unspecified atom stereocenters. The van der Waals surface area contributed by atoms with Gasteiger partial charge in [0.1, 0.15) is 0 Å². The van der Waals surface area contributed by atoms with Crippen molar-refractivity contribution < 1.29 is 34.5 Å². The molecule has 0 aromatic heterocycles. The van der Waals surface area contributed by atoms with Gasteiger partial charge in [0.15, 0.2) is 0 Å². The largest absolute Gasteiger partial charge is 0.478 e. The number of nitrogen functional groups attached to an aromatic ring is 1. The van der Waals surface area contributed by atoms with Crippen molar-refractivity contribution in [1.82, 2.24) is 5.43 Å². The van der Waals surface area contributed by atoms with Gasteiger partial charge >= 0.3 is 17.9 Å². The van der Waals surface area contributed by atoms with Gasteiger partial charge in [0.05, 0.1) is 22.3 Å². The van der Waals surface area contributed by atoms with Crippen LogP contribution in [0.2, 0.25) is 0 Å². The molecule has 23 heavy (non-hydrogen) atoms. The minimum absolute atomic E-state index is 0.0322. The van der Waals surface area contributed by atoms with E-state index in [9.17, 15) is 34.5 Å². The van der Waals surface area contributed by atoms with Gasteiger partial charge in [0.2, 0.25) is 0 Å². The fourth-order valence-corrected chi connectivity index (χ4v) is 2.40. The molecule has 2 aromatic carbocycles. The monoisotopic (exact) mass is 318 g/mol. The summed E-state index contributed by atoms with van der Waals surface area (Å²) in [7, 11) is 0. The van der Waals surface area contributed by atoms with Gasteiger partial charge < -0.3 is 15.3 Å². The van der Waals surface area contributed by atoms with E-state index in [0.717, 1.165) is 0 Å². The van der Waals surface area contributed by atoms with Crippen LogP contribution in [0.25, 0.3) is 10.8 Å². The van der Waals surface area contributed by atoms with Crippen LogP contribution in [0.4, 0.5) is 0 Å². The lowest BCUT2D eigenvalue weighted by Gasteiger charge is -2.15. The van der Waals surface area contributed by atoms with Gasteiger partial charge in [-0.1, -0.05) is 24.3 Å². The van der Waals surface area contributed by atoms with E-state index in [4.69, 9.17) is 5.84 Å². The minimum atomic E-state index is -1.78. The quantitative estimate of drug-likeness (QED) is 0.309. The normalized spacial score (nSPS) is 10.3. The first-order valence-corrected chi connectivity index (χ1v) is 6.10. The van der Waals surface area contributed by atoms with E-state index in [1.807, 2.05) is 0 Å². The van der Waals surface area contributed by atoms with Gasteiger partial charge in [0, 0.05) is 0 Å². The average molecular weight is 318 g/mol. The van der Waals surface area contributed by atoms with Gasteiger partial charge in [-0.2, -0.15) is 0 Å². The number of aromatic carboxylic acids is 3. The lowest BCUT2D eigenvalue weighted by atomic mass is 9.88. The SMILES string of the molecule is NNC(=O)c1c(C(=O)O)c(C(=O)O)c(C(=O)O)c2ccccc12. The number of rotatable bonds is 4. The second kappa shape index (κ2) is 5.73. The van der Waals surface area contributed by atoms with Crippen molar-refractivity contribution in [2.24, 2.45) is 5.84 Å².